The molecule has 0 aromatic heterocycles. The standard InChI is InChI=1S/C9H9F4NO3/c1-5(10)8(2-6(15)16)3-14(4-8)7(17)9(11,12)13/h1-4H2,(H,15,16). The Bertz CT molecular complexity index is 371. The zero-order chi connectivity index (χ0) is 13.4. The fourth-order valence-electron chi connectivity index (χ4n) is 1.68. The molecule has 0 unspecified atom stereocenters. The van der Waals surface area contributed by atoms with E-state index in [1.54, 1.807) is 0 Å². The Morgan fingerprint density at radius 1 is 1.35 bits per heavy atom. The summed E-state index contributed by atoms with van der Waals surface area (Å²) < 4.78 is 49.1. The molecular weight excluding hydrogens is 246 g/mol. The lowest BCUT2D eigenvalue weighted by Crippen LogP contribution is -2.62. The van der Waals surface area contributed by atoms with E-state index in [2.05, 4.69) is 6.58 Å². The van der Waals surface area contributed by atoms with Crippen LogP contribution >= 0.6 is 0 Å². The molecular formula is C9H9F4NO3. The highest BCUT2D eigenvalue weighted by molar-refractivity contribution is 5.83. The van der Waals surface area contributed by atoms with Gasteiger partial charge in [-0.25, -0.2) is 4.39 Å². The van der Waals surface area contributed by atoms with Crippen LogP contribution in [0.2, 0.25) is 0 Å². The molecule has 1 N–H and O–H groups in total. The monoisotopic (exact) mass is 255 g/mol. The van der Waals surface area contributed by atoms with Crippen LogP contribution < -0.4 is 0 Å². The average molecular weight is 255 g/mol. The van der Waals surface area contributed by atoms with Gasteiger partial charge in [0, 0.05) is 13.1 Å². The molecule has 0 saturated carbocycles. The molecule has 0 aromatic rings. The van der Waals surface area contributed by atoms with Gasteiger partial charge in [0.05, 0.1) is 11.8 Å². The van der Waals surface area contributed by atoms with Crippen molar-refractivity contribution < 1.29 is 32.3 Å². The summed E-state index contributed by atoms with van der Waals surface area (Å²) in [6.07, 6.45) is -5.73. The van der Waals surface area contributed by atoms with Crippen molar-refractivity contribution in [3.05, 3.63) is 12.4 Å². The molecule has 8 heteroatoms. The summed E-state index contributed by atoms with van der Waals surface area (Å²) in [6.45, 7) is 1.67. The predicted molar refractivity (Wildman–Crippen MR) is 47.6 cm³/mol. The van der Waals surface area contributed by atoms with E-state index >= 15 is 0 Å². The first-order chi connectivity index (χ1) is 7.58. The van der Waals surface area contributed by atoms with Crippen molar-refractivity contribution >= 4 is 11.9 Å². The van der Waals surface area contributed by atoms with Gasteiger partial charge in [-0.05, 0) is 0 Å². The first-order valence-corrected chi connectivity index (χ1v) is 4.51. The second kappa shape index (κ2) is 4.01. The summed E-state index contributed by atoms with van der Waals surface area (Å²) in [5.74, 6) is -4.48. The molecule has 17 heavy (non-hydrogen) atoms. The van der Waals surface area contributed by atoms with Crippen molar-refractivity contribution in [2.75, 3.05) is 13.1 Å². The largest absolute Gasteiger partial charge is 0.481 e. The van der Waals surface area contributed by atoms with E-state index in [9.17, 15) is 27.2 Å². The van der Waals surface area contributed by atoms with Crippen LogP contribution in [0.4, 0.5) is 17.6 Å². The summed E-state index contributed by atoms with van der Waals surface area (Å²) >= 11 is 0. The molecule has 0 spiro atoms. The van der Waals surface area contributed by atoms with Crippen molar-refractivity contribution in [1.29, 1.82) is 0 Å². The van der Waals surface area contributed by atoms with E-state index < -0.39 is 48.8 Å². The number of carbonyl (C=O) groups excluding carboxylic acids is 1. The number of likely N-dealkylation sites (tertiary alicyclic amines) is 1. The van der Waals surface area contributed by atoms with Crippen LogP contribution in [0.3, 0.4) is 0 Å². The third-order valence-electron chi connectivity index (χ3n) is 2.58. The van der Waals surface area contributed by atoms with Crippen LogP contribution in [0.5, 0.6) is 0 Å². The SMILES string of the molecule is C=C(F)C1(CC(=O)O)CN(C(=O)C(F)(F)F)C1. The highest BCUT2D eigenvalue weighted by Crippen LogP contribution is 2.42. The maximum Gasteiger partial charge on any atom is 0.471 e. The first-order valence-electron chi connectivity index (χ1n) is 4.51. The summed E-state index contributed by atoms with van der Waals surface area (Å²) in [5.41, 5.74) is -1.59. The van der Waals surface area contributed by atoms with Crippen molar-refractivity contribution in [3.8, 4) is 0 Å². The number of rotatable bonds is 3. The maximum atomic E-state index is 13.0. The Morgan fingerprint density at radius 3 is 2.12 bits per heavy atom. The summed E-state index contributed by atoms with van der Waals surface area (Å²) in [7, 11) is 0. The van der Waals surface area contributed by atoms with Crippen LogP contribution in [0.25, 0.3) is 0 Å². The van der Waals surface area contributed by atoms with Gasteiger partial charge in [0.15, 0.2) is 0 Å². The number of amides is 1. The number of alkyl halides is 3. The van der Waals surface area contributed by atoms with Crippen LogP contribution in [-0.2, 0) is 9.59 Å². The smallest absolute Gasteiger partial charge is 0.471 e. The Balaban J connectivity index is 2.72. The molecule has 96 valence electrons. The topological polar surface area (TPSA) is 57.6 Å². The molecule has 1 rings (SSSR count). The van der Waals surface area contributed by atoms with Crippen LogP contribution in [0.1, 0.15) is 6.42 Å². The molecule has 0 aromatic carbocycles. The zero-order valence-electron chi connectivity index (χ0n) is 8.55. The number of carboxylic acids is 1. The summed E-state index contributed by atoms with van der Waals surface area (Å²) in [4.78, 5) is 21.6. The highest BCUT2D eigenvalue weighted by atomic mass is 19.4. The van der Waals surface area contributed by atoms with E-state index in [0.29, 0.717) is 4.90 Å². The van der Waals surface area contributed by atoms with E-state index in [1.165, 1.54) is 0 Å². The quantitative estimate of drug-likeness (QED) is 0.774. The third kappa shape index (κ3) is 2.56. The molecule has 1 fully saturated rings. The highest BCUT2D eigenvalue weighted by Gasteiger charge is 2.55. The van der Waals surface area contributed by atoms with Gasteiger partial charge in [0.2, 0.25) is 0 Å². The molecule has 0 radical (unpaired) electrons. The fourth-order valence-corrected chi connectivity index (χ4v) is 1.68. The van der Waals surface area contributed by atoms with Crippen molar-refractivity contribution in [3.63, 3.8) is 0 Å². The molecule has 1 aliphatic heterocycles. The van der Waals surface area contributed by atoms with Crippen molar-refractivity contribution in [2.45, 2.75) is 12.6 Å². The van der Waals surface area contributed by atoms with Crippen molar-refractivity contribution in [1.82, 2.24) is 4.90 Å². The molecule has 4 nitrogen and oxygen atoms in total. The lowest BCUT2D eigenvalue weighted by atomic mass is 9.76. The number of nitrogens with zero attached hydrogens (tertiary/aromatic N) is 1. The van der Waals surface area contributed by atoms with Crippen LogP contribution in [0.15, 0.2) is 12.4 Å². The van der Waals surface area contributed by atoms with Gasteiger partial charge >= 0.3 is 18.1 Å². The Kier molecular flexibility index (Phi) is 3.17. The van der Waals surface area contributed by atoms with Crippen LogP contribution in [0, 0.1) is 5.41 Å². The van der Waals surface area contributed by atoms with Gasteiger partial charge in [-0.3, -0.25) is 9.59 Å². The summed E-state index contributed by atoms with van der Waals surface area (Å²) in [6, 6.07) is 0. The maximum absolute atomic E-state index is 13.0. The number of hydrogen-bond donors (Lipinski definition) is 1. The lowest BCUT2D eigenvalue weighted by Gasteiger charge is -2.48. The summed E-state index contributed by atoms with van der Waals surface area (Å²) in [5, 5.41) is 8.51. The number of carboxylic acid groups (broad SMARTS) is 1. The van der Waals surface area contributed by atoms with Gasteiger partial charge in [-0.15, -0.1) is 0 Å². The minimum absolute atomic E-state index is 0.355. The fraction of sp³-hybridized carbons (Fsp3) is 0.556. The van der Waals surface area contributed by atoms with E-state index in [-0.39, 0.29) is 0 Å². The lowest BCUT2D eigenvalue weighted by molar-refractivity contribution is -0.196. The van der Waals surface area contributed by atoms with Crippen molar-refractivity contribution in [2.24, 2.45) is 5.41 Å². The number of carbonyl (C=O) groups is 2. The second-order valence-electron chi connectivity index (χ2n) is 3.91. The Morgan fingerprint density at radius 2 is 1.82 bits per heavy atom. The Hall–Kier alpha value is -1.60. The van der Waals surface area contributed by atoms with E-state index in [1.807, 2.05) is 0 Å². The Labute approximate surface area is 93.5 Å². The average Bonchev–Trinajstić information content (AvgIpc) is 2.06. The molecule has 0 bridgehead atoms. The van der Waals surface area contributed by atoms with Gasteiger partial charge in [-0.2, -0.15) is 13.2 Å². The third-order valence-corrected chi connectivity index (χ3v) is 2.58. The number of halogens is 4. The number of aliphatic carboxylic acids is 1. The van der Waals surface area contributed by atoms with Gasteiger partial charge < -0.3 is 10.0 Å². The van der Waals surface area contributed by atoms with Gasteiger partial charge in [0.25, 0.3) is 0 Å². The van der Waals surface area contributed by atoms with Crippen LogP contribution in [-0.4, -0.2) is 41.1 Å². The normalized spacial score (nSPS) is 18.5. The predicted octanol–water partition coefficient (Wildman–Crippen LogP) is 1.34. The van der Waals surface area contributed by atoms with Gasteiger partial charge in [-0.1, -0.05) is 6.58 Å². The molecule has 1 aliphatic rings. The number of hydrogen-bond acceptors (Lipinski definition) is 2. The molecule has 1 heterocycles. The molecule has 1 saturated heterocycles. The second-order valence-corrected chi connectivity index (χ2v) is 3.91. The minimum atomic E-state index is -5.03. The first kappa shape index (κ1) is 13.5. The molecule has 1 amide bonds. The zero-order valence-corrected chi connectivity index (χ0v) is 8.55. The molecule has 0 atom stereocenters. The molecule has 0 aliphatic carbocycles. The van der Waals surface area contributed by atoms with E-state index in [4.69, 9.17) is 5.11 Å². The van der Waals surface area contributed by atoms with E-state index in [0.717, 1.165) is 0 Å². The van der Waals surface area contributed by atoms with Gasteiger partial charge in [0.1, 0.15) is 5.83 Å². The minimum Gasteiger partial charge on any atom is -0.481 e.